The van der Waals surface area contributed by atoms with Gasteiger partial charge in [-0.25, -0.2) is 0 Å². The summed E-state index contributed by atoms with van der Waals surface area (Å²) >= 11 is 1.35. The molecule has 0 radical (unpaired) electrons. The van der Waals surface area contributed by atoms with Gasteiger partial charge in [-0.3, -0.25) is 10.1 Å². The van der Waals surface area contributed by atoms with Crippen LogP contribution in [-0.4, -0.2) is 41.5 Å². The Labute approximate surface area is 163 Å². The minimum absolute atomic E-state index is 0.0173. The van der Waals surface area contributed by atoms with E-state index in [0.29, 0.717) is 24.6 Å². The van der Waals surface area contributed by atoms with Crippen LogP contribution >= 0.6 is 11.3 Å². The smallest absolute Gasteiger partial charge is 0.247 e. The van der Waals surface area contributed by atoms with Gasteiger partial charge in [0.25, 0.3) is 0 Å². The quantitative estimate of drug-likeness (QED) is 0.754. The topological polar surface area (TPSA) is 99.4 Å². The second-order valence-corrected chi connectivity index (χ2v) is 8.39. The Balaban J connectivity index is 1.64. The van der Waals surface area contributed by atoms with Crippen LogP contribution in [0.2, 0.25) is 0 Å². The Bertz CT molecular complexity index is 823. The SMILES string of the molecule is CCOC1CC(N)(C(=O)Nc2nnc(Cc3cccc(OC)c3)s2)C1(C)C. The van der Waals surface area contributed by atoms with Crippen molar-refractivity contribution in [3.8, 4) is 5.75 Å². The van der Waals surface area contributed by atoms with Crippen LogP contribution in [0.1, 0.15) is 37.8 Å². The number of carbonyl (C=O) groups is 1. The number of hydrogen-bond donors (Lipinski definition) is 2. The first kappa shape index (κ1) is 19.7. The fraction of sp³-hybridized carbons (Fsp3) is 0.526. The molecule has 0 bridgehead atoms. The van der Waals surface area contributed by atoms with E-state index in [0.717, 1.165) is 16.3 Å². The molecule has 8 heteroatoms. The summed E-state index contributed by atoms with van der Waals surface area (Å²) in [5.41, 5.74) is 6.05. The zero-order valence-electron chi connectivity index (χ0n) is 16.1. The summed E-state index contributed by atoms with van der Waals surface area (Å²) in [6.45, 7) is 6.48. The Kier molecular flexibility index (Phi) is 5.50. The average molecular weight is 391 g/mol. The Hall–Kier alpha value is -2.03. The lowest BCUT2D eigenvalue weighted by Gasteiger charge is -2.57. The van der Waals surface area contributed by atoms with Crippen LogP contribution in [0.15, 0.2) is 24.3 Å². The van der Waals surface area contributed by atoms with Crippen molar-refractivity contribution in [1.82, 2.24) is 10.2 Å². The zero-order chi connectivity index (χ0) is 19.7. The Morgan fingerprint density at radius 3 is 2.85 bits per heavy atom. The van der Waals surface area contributed by atoms with Gasteiger partial charge in [-0.15, -0.1) is 10.2 Å². The fourth-order valence-corrected chi connectivity index (χ4v) is 4.13. The van der Waals surface area contributed by atoms with E-state index < -0.39 is 11.0 Å². The zero-order valence-corrected chi connectivity index (χ0v) is 16.9. The molecule has 1 aliphatic rings. The number of nitrogens with one attached hydrogen (secondary N) is 1. The maximum Gasteiger partial charge on any atom is 0.247 e. The minimum Gasteiger partial charge on any atom is -0.497 e. The average Bonchev–Trinajstić information content (AvgIpc) is 3.08. The standard InChI is InChI=1S/C19H26N4O3S/c1-5-26-14-11-19(20,18(14,2)3)16(24)21-17-23-22-15(27-17)10-12-7-6-8-13(9-12)25-4/h6-9,14H,5,10-11,20H2,1-4H3,(H,21,23,24). The van der Waals surface area contributed by atoms with Crippen LogP contribution < -0.4 is 15.8 Å². The van der Waals surface area contributed by atoms with Gasteiger partial charge in [0.05, 0.1) is 13.2 Å². The van der Waals surface area contributed by atoms with E-state index in [4.69, 9.17) is 15.2 Å². The van der Waals surface area contributed by atoms with Gasteiger partial charge < -0.3 is 15.2 Å². The Morgan fingerprint density at radius 2 is 2.19 bits per heavy atom. The third kappa shape index (κ3) is 3.69. The Morgan fingerprint density at radius 1 is 1.41 bits per heavy atom. The molecule has 2 unspecified atom stereocenters. The number of benzene rings is 1. The van der Waals surface area contributed by atoms with Crippen molar-refractivity contribution in [2.45, 2.75) is 45.3 Å². The molecule has 146 valence electrons. The van der Waals surface area contributed by atoms with E-state index in [2.05, 4.69) is 15.5 Å². The van der Waals surface area contributed by atoms with Crippen LogP contribution in [0.5, 0.6) is 5.75 Å². The molecule has 1 amide bonds. The summed E-state index contributed by atoms with van der Waals surface area (Å²) in [6.07, 6.45) is 1.10. The third-order valence-electron chi connectivity index (χ3n) is 5.41. The number of aromatic nitrogens is 2. The molecular weight excluding hydrogens is 364 g/mol. The third-order valence-corrected chi connectivity index (χ3v) is 6.25. The molecule has 7 nitrogen and oxygen atoms in total. The van der Waals surface area contributed by atoms with Gasteiger partial charge in [0.1, 0.15) is 16.3 Å². The molecule has 0 spiro atoms. The van der Waals surface area contributed by atoms with Gasteiger partial charge in [-0.1, -0.05) is 37.3 Å². The van der Waals surface area contributed by atoms with Crippen LogP contribution in [0, 0.1) is 5.41 Å². The van der Waals surface area contributed by atoms with Crippen LogP contribution in [0.3, 0.4) is 0 Å². The molecule has 1 aromatic heterocycles. The molecular formula is C19H26N4O3S. The number of rotatable bonds is 7. The highest BCUT2D eigenvalue weighted by Crippen LogP contribution is 2.50. The largest absolute Gasteiger partial charge is 0.497 e. The van der Waals surface area contributed by atoms with E-state index in [9.17, 15) is 4.79 Å². The number of ether oxygens (including phenoxy) is 2. The van der Waals surface area contributed by atoms with Crippen molar-refractivity contribution >= 4 is 22.4 Å². The van der Waals surface area contributed by atoms with E-state index in [-0.39, 0.29) is 12.0 Å². The molecule has 3 N–H and O–H groups in total. The van der Waals surface area contributed by atoms with Crippen LogP contribution in [0.25, 0.3) is 0 Å². The normalized spacial score (nSPS) is 23.5. The fourth-order valence-electron chi connectivity index (χ4n) is 3.36. The molecule has 0 aliphatic heterocycles. The second kappa shape index (κ2) is 7.53. The van der Waals surface area contributed by atoms with Crippen LogP contribution in [-0.2, 0) is 16.0 Å². The van der Waals surface area contributed by atoms with Gasteiger partial charge >= 0.3 is 0 Å². The molecule has 0 saturated heterocycles. The highest BCUT2D eigenvalue weighted by atomic mass is 32.1. The molecule has 1 aliphatic carbocycles. The number of methoxy groups -OCH3 is 1. The molecule has 27 heavy (non-hydrogen) atoms. The molecule has 3 rings (SSSR count). The van der Waals surface area contributed by atoms with Crippen molar-refractivity contribution in [3.63, 3.8) is 0 Å². The number of nitrogens with zero attached hydrogens (tertiary/aromatic N) is 2. The summed E-state index contributed by atoms with van der Waals surface area (Å²) in [5, 5.41) is 12.4. The number of carbonyl (C=O) groups excluding carboxylic acids is 1. The van der Waals surface area contributed by atoms with Crippen molar-refractivity contribution < 1.29 is 14.3 Å². The lowest BCUT2D eigenvalue weighted by molar-refractivity contribution is -0.166. The van der Waals surface area contributed by atoms with Gasteiger partial charge in [-0.05, 0) is 24.6 Å². The number of nitrogens with two attached hydrogens (primary N) is 1. The molecule has 1 heterocycles. The van der Waals surface area contributed by atoms with Crippen molar-refractivity contribution in [2.24, 2.45) is 11.1 Å². The second-order valence-electron chi connectivity index (χ2n) is 7.32. The molecule has 1 saturated carbocycles. The molecule has 1 fully saturated rings. The predicted molar refractivity (Wildman–Crippen MR) is 105 cm³/mol. The first-order chi connectivity index (χ1) is 12.8. The first-order valence-electron chi connectivity index (χ1n) is 8.97. The van der Waals surface area contributed by atoms with Gasteiger partial charge in [0, 0.05) is 24.9 Å². The number of anilines is 1. The number of amides is 1. The molecule has 2 atom stereocenters. The van der Waals surface area contributed by atoms with E-state index in [1.807, 2.05) is 45.0 Å². The summed E-state index contributed by atoms with van der Waals surface area (Å²) in [4.78, 5) is 12.8. The first-order valence-corrected chi connectivity index (χ1v) is 9.79. The summed E-state index contributed by atoms with van der Waals surface area (Å²) in [6, 6.07) is 7.79. The van der Waals surface area contributed by atoms with Gasteiger partial charge in [-0.2, -0.15) is 0 Å². The molecule has 1 aromatic carbocycles. The lowest BCUT2D eigenvalue weighted by Crippen LogP contribution is -2.74. The maximum atomic E-state index is 12.8. The highest BCUT2D eigenvalue weighted by molar-refractivity contribution is 7.15. The predicted octanol–water partition coefficient (Wildman–Crippen LogP) is 2.61. The monoisotopic (exact) mass is 390 g/mol. The van der Waals surface area contributed by atoms with Gasteiger partial charge in [0.15, 0.2) is 0 Å². The van der Waals surface area contributed by atoms with Gasteiger partial charge in [0.2, 0.25) is 11.0 Å². The minimum atomic E-state index is -0.981. The van der Waals surface area contributed by atoms with E-state index in [1.165, 1.54) is 11.3 Å². The van der Waals surface area contributed by atoms with Crippen molar-refractivity contribution in [3.05, 3.63) is 34.8 Å². The van der Waals surface area contributed by atoms with E-state index in [1.54, 1.807) is 7.11 Å². The summed E-state index contributed by atoms with van der Waals surface area (Å²) < 4.78 is 10.9. The highest BCUT2D eigenvalue weighted by Gasteiger charge is 2.63. The summed E-state index contributed by atoms with van der Waals surface area (Å²) in [5.74, 6) is 0.555. The van der Waals surface area contributed by atoms with Crippen molar-refractivity contribution in [2.75, 3.05) is 19.0 Å². The summed E-state index contributed by atoms with van der Waals surface area (Å²) in [7, 11) is 1.64. The van der Waals surface area contributed by atoms with Crippen LogP contribution in [0.4, 0.5) is 5.13 Å². The number of hydrogen-bond acceptors (Lipinski definition) is 7. The van der Waals surface area contributed by atoms with E-state index >= 15 is 0 Å². The maximum absolute atomic E-state index is 12.8. The lowest BCUT2D eigenvalue weighted by atomic mass is 9.54. The van der Waals surface area contributed by atoms with Crippen molar-refractivity contribution in [1.29, 1.82) is 0 Å². The molecule has 2 aromatic rings.